The zero-order valence-electron chi connectivity index (χ0n) is 11.8. The lowest BCUT2D eigenvalue weighted by molar-refractivity contribution is 0.372. The summed E-state index contributed by atoms with van der Waals surface area (Å²) < 4.78 is 3.25. The Bertz CT molecular complexity index is 585. The van der Waals surface area contributed by atoms with Crippen LogP contribution in [0.2, 0.25) is 0 Å². The fourth-order valence-corrected chi connectivity index (χ4v) is 3.54. The predicted octanol–water partition coefficient (Wildman–Crippen LogP) is 3.49. The van der Waals surface area contributed by atoms with Crippen LogP contribution in [0.4, 0.5) is 0 Å². The molecule has 0 bridgehead atoms. The summed E-state index contributed by atoms with van der Waals surface area (Å²) in [5, 5.41) is 3.43. The highest BCUT2D eigenvalue weighted by Gasteiger charge is 2.14. The molecule has 0 unspecified atom stereocenters. The third-order valence-corrected chi connectivity index (χ3v) is 4.72. The van der Waals surface area contributed by atoms with Gasteiger partial charge in [-0.05, 0) is 78.8 Å². The van der Waals surface area contributed by atoms with E-state index in [1.807, 2.05) is 19.3 Å². The monoisotopic (exact) mass is 333 g/mol. The second kappa shape index (κ2) is 6.10. The van der Waals surface area contributed by atoms with Gasteiger partial charge >= 0.3 is 0 Å². The molecule has 0 aliphatic carbocycles. The summed E-state index contributed by atoms with van der Waals surface area (Å²) >= 11 is 3.71. The first-order valence-corrected chi connectivity index (χ1v) is 8.03. The molecule has 4 heteroatoms. The number of hydrogen-bond acceptors (Lipinski definition) is 2. The van der Waals surface area contributed by atoms with E-state index < -0.39 is 0 Å². The zero-order valence-corrected chi connectivity index (χ0v) is 13.4. The molecular weight excluding hydrogens is 314 g/mol. The van der Waals surface area contributed by atoms with Gasteiger partial charge < -0.3 is 9.88 Å². The van der Waals surface area contributed by atoms with Crippen LogP contribution < -0.4 is 5.32 Å². The molecule has 1 aliphatic heterocycles. The third kappa shape index (κ3) is 2.96. The lowest BCUT2D eigenvalue weighted by atomic mass is 9.91. The molecule has 106 valence electrons. The molecule has 1 aromatic carbocycles. The molecule has 0 saturated carbocycles. The number of aromatic nitrogens is 2. The van der Waals surface area contributed by atoms with Gasteiger partial charge in [-0.3, -0.25) is 0 Å². The van der Waals surface area contributed by atoms with Crippen molar-refractivity contribution < 1.29 is 0 Å². The second-order valence-corrected chi connectivity index (χ2v) is 6.38. The number of aryl methyl sites for hydroxylation is 1. The van der Waals surface area contributed by atoms with Crippen molar-refractivity contribution in [3.8, 4) is 5.69 Å². The average Bonchev–Trinajstić information content (AvgIpc) is 2.86. The van der Waals surface area contributed by atoms with E-state index in [9.17, 15) is 0 Å². The van der Waals surface area contributed by atoms with E-state index in [0.717, 1.165) is 35.0 Å². The summed E-state index contributed by atoms with van der Waals surface area (Å²) in [6, 6.07) is 6.70. The molecule has 1 fully saturated rings. The molecule has 1 aromatic heterocycles. The van der Waals surface area contributed by atoms with E-state index in [-0.39, 0.29) is 0 Å². The largest absolute Gasteiger partial charge is 0.317 e. The van der Waals surface area contributed by atoms with Gasteiger partial charge in [-0.25, -0.2) is 4.98 Å². The molecule has 2 heterocycles. The molecule has 1 N–H and O–H groups in total. The predicted molar refractivity (Wildman–Crippen MR) is 85.3 cm³/mol. The molecular formula is C16H20BrN3. The fraction of sp³-hybridized carbons (Fsp3) is 0.438. The molecule has 3 rings (SSSR count). The van der Waals surface area contributed by atoms with Crippen LogP contribution in [-0.2, 0) is 6.42 Å². The Labute approximate surface area is 128 Å². The Morgan fingerprint density at radius 1 is 1.35 bits per heavy atom. The number of hydrogen-bond donors (Lipinski definition) is 1. The third-order valence-electron chi connectivity index (χ3n) is 4.08. The Morgan fingerprint density at radius 3 is 2.80 bits per heavy atom. The fourth-order valence-electron chi connectivity index (χ4n) is 2.92. The van der Waals surface area contributed by atoms with Gasteiger partial charge in [0, 0.05) is 16.9 Å². The van der Waals surface area contributed by atoms with Crippen molar-refractivity contribution in [2.24, 2.45) is 5.92 Å². The van der Waals surface area contributed by atoms with Crippen molar-refractivity contribution in [3.05, 3.63) is 46.5 Å². The van der Waals surface area contributed by atoms with Gasteiger partial charge in [0.1, 0.15) is 5.82 Å². The normalized spacial score (nSPS) is 16.5. The summed E-state index contributed by atoms with van der Waals surface area (Å²) in [6.45, 7) is 4.35. The van der Waals surface area contributed by atoms with E-state index in [1.54, 1.807) is 0 Å². The van der Waals surface area contributed by atoms with Gasteiger partial charge in [0.2, 0.25) is 0 Å². The number of nitrogens with one attached hydrogen (secondary N) is 1. The van der Waals surface area contributed by atoms with Crippen molar-refractivity contribution in [1.82, 2.24) is 14.9 Å². The number of benzene rings is 1. The number of nitrogens with zero attached hydrogens (tertiary/aromatic N) is 2. The van der Waals surface area contributed by atoms with Crippen LogP contribution in [0.1, 0.15) is 24.2 Å². The molecule has 1 aliphatic rings. The van der Waals surface area contributed by atoms with Crippen molar-refractivity contribution >= 4 is 15.9 Å². The highest BCUT2D eigenvalue weighted by atomic mass is 79.9. The Morgan fingerprint density at radius 2 is 2.15 bits per heavy atom. The first-order chi connectivity index (χ1) is 9.74. The van der Waals surface area contributed by atoms with Gasteiger partial charge in [-0.15, -0.1) is 0 Å². The van der Waals surface area contributed by atoms with Crippen LogP contribution in [0.15, 0.2) is 35.1 Å². The maximum atomic E-state index is 4.29. The van der Waals surface area contributed by atoms with E-state index in [1.165, 1.54) is 24.8 Å². The highest BCUT2D eigenvalue weighted by molar-refractivity contribution is 9.10. The van der Waals surface area contributed by atoms with E-state index in [0.29, 0.717) is 0 Å². The van der Waals surface area contributed by atoms with Crippen LogP contribution >= 0.6 is 15.9 Å². The van der Waals surface area contributed by atoms with E-state index in [4.69, 9.17) is 0 Å². The Balaban J connectivity index is 1.79. The summed E-state index contributed by atoms with van der Waals surface area (Å²) in [6.07, 6.45) is 7.61. The van der Waals surface area contributed by atoms with Crippen LogP contribution in [-0.4, -0.2) is 22.6 Å². The Hall–Kier alpha value is -1.13. The highest BCUT2D eigenvalue weighted by Crippen LogP contribution is 2.26. The number of piperidine rings is 1. The molecule has 20 heavy (non-hydrogen) atoms. The maximum Gasteiger partial charge on any atom is 0.110 e. The lowest BCUT2D eigenvalue weighted by Gasteiger charge is -2.22. The van der Waals surface area contributed by atoms with Crippen molar-refractivity contribution in [2.45, 2.75) is 26.2 Å². The molecule has 0 radical (unpaired) electrons. The van der Waals surface area contributed by atoms with Gasteiger partial charge in [-0.1, -0.05) is 6.07 Å². The lowest BCUT2D eigenvalue weighted by Crippen LogP contribution is -2.28. The van der Waals surface area contributed by atoms with E-state index in [2.05, 4.69) is 49.0 Å². The quantitative estimate of drug-likeness (QED) is 0.931. The van der Waals surface area contributed by atoms with Gasteiger partial charge in [0.25, 0.3) is 0 Å². The molecule has 2 aromatic rings. The minimum absolute atomic E-state index is 0.823. The van der Waals surface area contributed by atoms with Crippen LogP contribution in [0.3, 0.4) is 0 Å². The Kier molecular flexibility index (Phi) is 4.22. The summed E-state index contributed by atoms with van der Waals surface area (Å²) in [4.78, 5) is 4.29. The summed E-state index contributed by atoms with van der Waals surface area (Å²) in [5.41, 5.74) is 2.58. The van der Waals surface area contributed by atoms with Crippen LogP contribution in [0, 0.1) is 12.8 Å². The van der Waals surface area contributed by atoms with Gasteiger partial charge in [0.15, 0.2) is 0 Å². The molecule has 0 atom stereocenters. The maximum absolute atomic E-state index is 4.29. The van der Waals surface area contributed by atoms with Crippen molar-refractivity contribution in [2.75, 3.05) is 13.1 Å². The van der Waals surface area contributed by atoms with E-state index >= 15 is 0 Å². The standard InChI is InChI=1S/C16H20BrN3/c1-12-19-8-9-20(12)16-3-2-14(11-15(16)17)10-13-4-6-18-7-5-13/h2-3,8-9,11,13,18H,4-7,10H2,1H3. The molecule has 0 spiro atoms. The minimum atomic E-state index is 0.823. The summed E-state index contributed by atoms with van der Waals surface area (Å²) in [7, 11) is 0. The number of rotatable bonds is 3. The smallest absolute Gasteiger partial charge is 0.110 e. The van der Waals surface area contributed by atoms with Crippen molar-refractivity contribution in [3.63, 3.8) is 0 Å². The average molecular weight is 334 g/mol. The number of halogens is 1. The van der Waals surface area contributed by atoms with Crippen LogP contribution in [0.5, 0.6) is 0 Å². The van der Waals surface area contributed by atoms with Gasteiger partial charge in [-0.2, -0.15) is 0 Å². The SMILES string of the molecule is Cc1nccn1-c1ccc(CC2CCNCC2)cc1Br. The van der Waals surface area contributed by atoms with Crippen LogP contribution in [0.25, 0.3) is 5.69 Å². The topological polar surface area (TPSA) is 29.9 Å². The second-order valence-electron chi connectivity index (χ2n) is 5.53. The molecule has 3 nitrogen and oxygen atoms in total. The zero-order chi connectivity index (χ0) is 13.9. The summed E-state index contributed by atoms with van der Waals surface area (Å²) in [5.74, 6) is 1.83. The first-order valence-electron chi connectivity index (χ1n) is 7.23. The molecule has 1 saturated heterocycles. The first kappa shape index (κ1) is 13.8. The number of imidazole rings is 1. The van der Waals surface area contributed by atoms with Crippen molar-refractivity contribution in [1.29, 1.82) is 0 Å². The van der Waals surface area contributed by atoms with Gasteiger partial charge in [0.05, 0.1) is 5.69 Å². The minimum Gasteiger partial charge on any atom is -0.317 e. The molecule has 0 amide bonds.